The second-order valence-corrected chi connectivity index (χ2v) is 8.21. The van der Waals surface area contributed by atoms with Crippen LogP contribution in [0.2, 0.25) is 0 Å². The Morgan fingerprint density at radius 1 is 1.09 bits per heavy atom. The lowest BCUT2D eigenvalue weighted by molar-refractivity contribution is -0.126. The van der Waals surface area contributed by atoms with Gasteiger partial charge in [0, 0.05) is 37.0 Å². The third kappa shape index (κ3) is 5.23. The molecule has 170 valence electrons. The van der Waals surface area contributed by atoms with E-state index in [1.165, 1.54) is 24.3 Å². The van der Waals surface area contributed by atoms with Crippen molar-refractivity contribution in [3.05, 3.63) is 71.2 Å². The van der Waals surface area contributed by atoms with Crippen LogP contribution in [0.4, 0.5) is 10.8 Å². The highest BCUT2D eigenvalue weighted by Gasteiger charge is 2.19. The quantitative estimate of drug-likeness (QED) is 0.477. The van der Waals surface area contributed by atoms with Crippen molar-refractivity contribution < 1.29 is 19.1 Å². The summed E-state index contributed by atoms with van der Waals surface area (Å²) in [5.74, 6) is 1.15. The first kappa shape index (κ1) is 22.5. The molecule has 8 heteroatoms. The number of carbonyl (C=O) groups excluding carboxylic acids is 2. The van der Waals surface area contributed by atoms with Crippen molar-refractivity contribution >= 4 is 40.0 Å². The number of likely N-dealkylation sites (N-methyl/N-ethyl adjacent to an activating group) is 1. The number of carbonyl (C=O) groups is 2. The molecule has 4 rings (SSSR count). The number of nitrogens with zero attached hydrogens (tertiary/aromatic N) is 3. The van der Waals surface area contributed by atoms with E-state index in [1.807, 2.05) is 60.8 Å². The fourth-order valence-electron chi connectivity index (χ4n) is 3.53. The van der Waals surface area contributed by atoms with Crippen molar-refractivity contribution in [2.24, 2.45) is 0 Å². The zero-order chi connectivity index (χ0) is 23.2. The number of hydrogen-bond donors (Lipinski definition) is 0. The van der Waals surface area contributed by atoms with Gasteiger partial charge in [0.05, 0.1) is 11.4 Å². The van der Waals surface area contributed by atoms with Crippen molar-refractivity contribution in [1.29, 1.82) is 0 Å². The van der Waals surface area contributed by atoms with Crippen LogP contribution in [0.5, 0.6) is 11.5 Å². The van der Waals surface area contributed by atoms with Gasteiger partial charge in [0.2, 0.25) is 11.8 Å². The molecule has 0 fully saturated rings. The van der Waals surface area contributed by atoms with Crippen molar-refractivity contribution in [2.75, 3.05) is 24.7 Å². The maximum absolute atomic E-state index is 12.9. The Labute approximate surface area is 196 Å². The SMILES string of the molecule is CCN(Cc1cccc2c1OCCO2)C(=O)/C=C/c1csc(N(C(C)=O)c2ccccc2)n1. The van der Waals surface area contributed by atoms with Crippen LogP contribution in [0.1, 0.15) is 25.1 Å². The Morgan fingerprint density at radius 3 is 2.64 bits per heavy atom. The van der Waals surface area contributed by atoms with Crippen molar-refractivity contribution in [2.45, 2.75) is 20.4 Å². The number of hydrogen-bond acceptors (Lipinski definition) is 6. The second kappa shape index (κ2) is 10.3. The van der Waals surface area contributed by atoms with Crippen molar-refractivity contribution in [3.63, 3.8) is 0 Å². The Kier molecular flexibility index (Phi) is 7.04. The minimum atomic E-state index is -0.132. The number of amides is 2. The van der Waals surface area contributed by atoms with Crippen molar-refractivity contribution in [3.8, 4) is 11.5 Å². The number of para-hydroxylation sites is 2. The summed E-state index contributed by atoms with van der Waals surface area (Å²) in [5.41, 5.74) is 2.28. The monoisotopic (exact) mass is 463 g/mol. The number of anilines is 2. The molecule has 0 atom stereocenters. The largest absolute Gasteiger partial charge is 0.486 e. The van der Waals surface area contributed by atoms with Crippen LogP contribution in [0.15, 0.2) is 60.0 Å². The van der Waals surface area contributed by atoms with Gasteiger partial charge in [-0.05, 0) is 31.2 Å². The number of aromatic nitrogens is 1. The number of benzene rings is 2. The van der Waals surface area contributed by atoms with E-state index >= 15 is 0 Å². The molecule has 2 heterocycles. The molecule has 0 spiro atoms. The molecule has 33 heavy (non-hydrogen) atoms. The Hall–Kier alpha value is -3.65. The fraction of sp³-hybridized carbons (Fsp3) is 0.240. The zero-order valence-corrected chi connectivity index (χ0v) is 19.4. The molecule has 1 aromatic heterocycles. The van der Waals surface area contributed by atoms with Gasteiger partial charge in [0.15, 0.2) is 16.6 Å². The summed E-state index contributed by atoms with van der Waals surface area (Å²) >= 11 is 1.35. The number of thiazole rings is 1. The van der Waals surface area contributed by atoms with E-state index in [1.54, 1.807) is 15.9 Å². The van der Waals surface area contributed by atoms with Gasteiger partial charge >= 0.3 is 0 Å². The molecule has 2 amide bonds. The summed E-state index contributed by atoms with van der Waals surface area (Å²) < 4.78 is 11.4. The lowest BCUT2D eigenvalue weighted by Crippen LogP contribution is -2.29. The van der Waals surface area contributed by atoms with Gasteiger partial charge in [-0.3, -0.25) is 14.5 Å². The molecule has 3 aromatic rings. The van der Waals surface area contributed by atoms with E-state index in [0.29, 0.717) is 48.6 Å². The maximum Gasteiger partial charge on any atom is 0.246 e. The van der Waals surface area contributed by atoms with Crippen LogP contribution in [0.3, 0.4) is 0 Å². The van der Waals surface area contributed by atoms with E-state index in [-0.39, 0.29) is 11.8 Å². The molecule has 0 saturated carbocycles. The summed E-state index contributed by atoms with van der Waals surface area (Å²) in [6.07, 6.45) is 3.18. The normalized spacial score (nSPS) is 12.5. The van der Waals surface area contributed by atoms with E-state index in [4.69, 9.17) is 9.47 Å². The van der Waals surface area contributed by atoms with Gasteiger partial charge in [-0.25, -0.2) is 4.98 Å². The first-order valence-electron chi connectivity index (χ1n) is 10.7. The molecule has 1 aliphatic heterocycles. The average molecular weight is 464 g/mol. The van der Waals surface area contributed by atoms with Gasteiger partial charge in [-0.2, -0.15) is 0 Å². The highest BCUT2D eigenvalue weighted by molar-refractivity contribution is 7.14. The number of rotatable bonds is 7. The third-order valence-electron chi connectivity index (χ3n) is 5.13. The first-order valence-corrected chi connectivity index (χ1v) is 11.6. The molecular weight excluding hydrogens is 438 g/mol. The van der Waals surface area contributed by atoms with Gasteiger partial charge in [0.1, 0.15) is 13.2 Å². The average Bonchev–Trinajstić information content (AvgIpc) is 3.30. The predicted molar refractivity (Wildman–Crippen MR) is 129 cm³/mol. The summed E-state index contributed by atoms with van der Waals surface area (Å²) in [6, 6.07) is 15.1. The zero-order valence-electron chi connectivity index (χ0n) is 18.6. The van der Waals surface area contributed by atoms with E-state index < -0.39 is 0 Å². The van der Waals surface area contributed by atoms with Crippen LogP contribution in [0.25, 0.3) is 6.08 Å². The van der Waals surface area contributed by atoms with E-state index in [0.717, 1.165) is 11.3 Å². The van der Waals surface area contributed by atoms with Crippen LogP contribution in [-0.2, 0) is 16.1 Å². The molecule has 1 aliphatic rings. The molecular formula is C25H25N3O4S. The minimum Gasteiger partial charge on any atom is -0.486 e. The topological polar surface area (TPSA) is 72.0 Å². The van der Waals surface area contributed by atoms with Gasteiger partial charge in [-0.15, -0.1) is 11.3 Å². The van der Waals surface area contributed by atoms with E-state index in [9.17, 15) is 9.59 Å². The number of fused-ring (bicyclic) bond motifs is 1. The second-order valence-electron chi connectivity index (χ2n) is 7.37. The molecule has 0 radical (unpaired) electrons. The Balaban J connectivity index is 1.47. The molecule has 0 bridgehead atoms. The molecule has 0 unspecified atom stereocenters. The summed E-state index contributed by atoms with van der Waals surface area (Å²) in [6.45, 7) is 5.42. The van der Waals surface area contributed by atoms with Crippen LogP contribution in [-0.4, -0.2) is 41.5 Å². The first-order chi connectivity index (χ1) is 16.1. The lowest BCUT2D eigenvalue weighted by Gasteiger charge is -2.24. The summed E-state index contributed by atoms with van der Waals surface area (Å²) in [7, 11) is 0. The molecule has 0 saturated heterocycles. The molecule has 0 aliphatic carbocycles. The van der Waals surface area contributed by atoms with Gasteiger partial charge in [0.25, 0.3) is 0 Å². The minimum absolute atomic E-state index is 0.128. The Bertz CT molecular complexity index is 1160. The van der Waals surface area contributed by atoms with Gasteiger partial charge in [-0.1, -0.05) is 30.3 Å². The predicted octanol–water partition coefficient (Wildman–Crippen LogP) is 4.66. The van der Waals surface area contributed by atoms with Crippen LogP contribution in [0, 0.1) is 0 Å². The van der Waals surface area contributed by atoms with Crippen molar-refractivity contribution in [1.82, 2.24) is 9.88 Å². The standard InChI is InChI=1S/C25H25N3O4S/c1-3-27(16-19-8-7-11-22-24(19)32-15-14-31-22)23(30)13-12-20-17-33-25(26-20)28(18(2)29)21-9-5-4-6-10-21/h4-13,17H,3,14-16H2,1-2H3/b13-12+. The summed E-state index contributed by atoms with van der Waals surface area (Å²) in [4.78, 5) is 32.9. The highest BCUT2D eigenvalue weighted by Crippen LogP contribution is 2.34. The fourth-order valence-corrected chi connectivity index (χ4v) is 4.39. The highest BCUT2D eigenvalue weighted by atomic mass is 32.1. The third-order valence-corrected chi connectivity index (χ3v) is 5.97. The summed E-state index contributed by atoms with van der Waals surface area (Å²) in [5, 5.41) is 2.38. The smallest absolute Gasteiger partial charge is 0.246 e. The Morgan fingerprint density at radius 2 is 1.88 bits per heavy atom. The van der Waals surface area contributed by atoms with Crippen LogP contribution < -0.4 is 14.4 Å². The maximum atomic E-state index is 12.9. The number of ether oxygens (including phenoxy) is 2. The molecule has 2 aromatic carbocycles. The molecule has 7 nitrogen and oxygen atoms in total. The van der Waals surface area contributed by atoms with E-state index in [2.05, 4.69) is 4.98 Å². The van der Waals surface area contributed by atoms with Gasteiger partial charge < -0.3 is 14.4 Å². The molecule has 0 N–H and O–H groups in total. The lowest BCUT2D eigenvalue weighted by atomic mass is 10.1. The van der Waals surface area contributed by atoms with Crippen LogP contribution >= 0.6 is 11.3 Å².